The highest BCUT2D eigenvalue weighted by atomic mass is 35.5. The maximum absolute atomic E-state index is 13.3. The Morgan fingerprint density at radius 3 is 2.70 bits per heavy atom. The van der Waals surface area contributed by atoms with E-state index in [0.29, 0.717) is 49.2 Å². The van der Waals surface area contributed by atoms with E-state index in [4.69, 9.17) is 16.1 Å². The summed E-state index contributed by atoms with van der Waals surface area (Å²) < 4.78 is 31.7. The van der Waals surface area contributed by atoms with Gasteiger partial charge in [0.25, 0.3) is 0 Å². The van der Waals surface area contributed by atoms with Crippen molar-refractivity contribution in [1.29, 1.82) is 0 Å². The summed E-state index contributed by atoms with van der Waals surface area (Å²) in [5, 5.41) is 7.26. The lowest BCUT2D eigenvalue weighted by molar-refractivity contribution is -0.121. The van der Waals surface area contributed by atoms with Gasteiger partial charge in [0, 0.05) is 28.3 Å². The van der Waals surface area contributed by atoms with Crippen LogP contribution in [0.4, 0.5) is 14.5 Å². The largest absolute Gasteiger partial charge is 0.338 e. The molecule has 1 fully saturated rings. The van der Waals surface area contributed by atoms with E-state index in [1.54, 1.807) is 12.1 Å². The molecule has 2 aromatic carbocycles. The molecule has 1 amide bonds. The molecule has 6 nitrogen and oxygen atoms in total. The first-order valence-electron chi connectivity index (χ1n) is 9.55. The van der Waals surface area contributed by atoms with Crippen LogP contribution in [0.15, 0.2) is 47.0 Å². The van der Waals surface area contributed by atoms with E-state index in [9.17, 15) is 13.6 Å². The van der Waals surface area contributed by atoms with Crippen molar-refractivity contribution < 1.29 is 18.1 Å². The van der Waals surface area contributed by atoms with Gasteiger partial charge in [0.05, 0.1) is 6.54 Å². The molecule has 0 atom stereocenters. The van der Waals surface area contributed by atoms with Crippen LogP contribution in [-0.4, -0.2) is 34.0 Å². The van der Waals surface area contributed by atoms with Gasteiger partial charge in [0.15, 0.2) is 11.6 Å². The minimum atomic E-state index is -0.987. The summed E-state index contributed by atoms with van der Waals surface area (Å²) >= 11 is 6.00. The van der Waals surface area contributed by atoms with E-state index in [2.05, 4.69) is 20.4 Å². The number of nitrogens with zero attached hydrogens (tertiary/aromatic N) is 3. The van der Waals surface area contributed by atoms with Crippen LogP contribution >= 0.6 is 11.6 Å². The Hall–Kier alpha value is -2.84. The molecular weight excluding hydrogens is 414 g/mol. The van der Waals surface area contributed by atoms with Gasteiger partial charge in [0.1, 0.15) is 0 Å². The Balaban J connectivity index is 1.29. The number of carbonyl (C=O) groups is 1. The van der Waals surface area contributed by atoms with E-state index < -0.39 is 11.6 Å². The van der Waals surface area contributed by atoms with Crippen LogP contribution in [0.5, 0.6) is 0 Å². The number of halogens is 3. The molecule has 4 rings (SSSR count). The highest BCUT2D eigenvalue weighted by Gasteiger charge is 2.26. The zero-order valence-electron chi connectivity index (χ0n) is 15.9. The number of rotatable bonds is 5. The average Bonchev–Trinajstić information content (AvgIpc) is 3.20. The monoisotopic (exact) mass is 432 g/mol. The molecular formula is C21H19ClF2N4O2. The van der Waals surface area contributed by atoms with Crippen LogP contribution in [0.1, 0.15) is 18.7 Å². The Morgan fingerprint density at radius 2 is 1.97 bits per heavy atom. The summed E-state index contributed by atoms with van der Waals surface area (Å²) in [4.78, 5) is 19.0. The first-order chi connectivity index (χ1) is 14.5. The second kappa shape index (κ2) is 8.89. The third-order valence-electron chi connectivity index (χ3n) is 5.06. The van der Waals surface area contributed by atoms with Crippen molar-refractivity contribution in [3.8, 4) is 11.4 Å². The highest BCUT2D eigenvalue weighted by Crippen LogP contribution is 2.23. The molecule has 0 saturated carbocycles. The van der Waals surface area contributed by atoms with E-state index in [0.717, 1.165) is 17.7 Å². The summed E-state index contributed by atoms with van der Waals surface area (Å²) in [5.41, 5.74) is 1.03. The van der Waals surface area contributed by atoms with Gasteiger partial charge in [-0.2, -0.15) is 4.98 Å². The van der Waals surface area contributed by atoms with E-state index in [1.807, 2.05) is 12.1 Å². The quantitative estimate of drug-likeness (QED) is 0.642. The molecule has 0 aliphatic carbocycles. The average molecular weight is 433 g/mol. The zero-order valence-corrected chi connectivity index (χ0v) is 16.7. The Morgan fingerprint density at radius 1 is 1.17 bits per heavy atom. The van der Waals surface area contributed by atoms with Crippen LogP contribution in [0.2, 0.25) is 5.02 Å². The number of benzene rings is 2. The van der Waals surface area contributed by atoms with Crippen molar-refractivity contribution in [2.45, 2.75) is 19.4 Å². The first-order valence-corrected chi connectivity index (χ1v) is 9.92. The summed E-state index contributed by atoms with van der Waals surface area (Å²) in [6.45, 7) is 1.86. The third-order valence-corrected chi connectivity index (χ3v) is 5.29. The minimum absolute atomic E-state index is 0.193. The number of hydrogen-bond acceptors (Lipinski definition) is 5. The third kappa shape index (κ3) is 4.83. The van der Waals surface area contributed by atoms with Gasteiger partial charge in [-0.3, -0.25) is 9.69 Å². The molecule has 9 heteroatoms. The fourth-order valence-electron chi connectivity index (χ4n) is 3.43. The molecule has 30 heavy (non-hydrogen) atoms. The van der Waals surface area contributed by atoms with Gasteiger partial charge in [-0.25, -0.2) is 8.78 Å². The van der Waals surface area contributed by atoms with Gasteiger partial charge >= 0.3 is 0 Å². The van der Waals surface area contributed by atoms with Crippen molar-refractivity contribution in [2.75, 3.05) is 18.4 Å². The number of carbonyl (C=O) groups excluding carboxylic acids is 1. The number of nitrogens with one attached hydrogen (secondary N) is 1. The van der Waals surface area contributed by atoms with Crippen molar-refractivity contribution in [2.24, 2.45) is 5.92 Å². The molecule has 1 aromatic heterocycles. The number of piperidine rings is 1. The van der Waals surface area contributed by atoms with Crippen molar-refractivity contribution in [1.82, 2.24) is 15.0 Å². The maximum atomic E-state index is 13.3. The standard InChI is InChI=1S/C21H19ClF2N4O2/c22-15-3-1-2-14(10-15)20-26-19(30-27-20)12-28-8-6-13(7-9-28)21(29)25-16-4-5-17(23)18(24)11-16/h1-5,10-11,13H,6-9,12H2,(H,25,29). The summed E-state index contributed by atoms with van der Waals surface area (Å²) in [5.74, 6) is -1.34. The lowest BCUT2D eigenvalue weighted by Gasteiger charge is -2.30. The molecule has 0 bridgehead atoms. The van der Waals surface area contributed by atoms with Crippen LogP contribution in [0.25, 0.3) is 11.4 Å². The number of amides is 1. The highest BCUT2D eigenvalue weighted by molar-refractivity contribution is 6.30. The smallest absolute Gasteiger partial charge is 0.241 e. The topological polar surface area (TPSA) is 71.3 Å². The normalized spacial score (nSPS) is 15.3. The Kier molecular flexibility index (Phi) is 6.06. The second-order valence-corrected chi connectivity index (χ2v) is 7.63. The fraction of sp³-hybridized carbons (Fsp3) is 0.286. The lowest BCUT2D eigenvalue weighted by Crippen LogP contribution is -2.37. The SMILES string of the molecule is O=C(Nc1ccc(F)c(F)c1)C1CCN(Cc2nc(-c3cccc(Cl)c3)no2)CC1. The van der Waals surface area contributed by atoms with Crippen LogP contribution in [-0.2, 0) is 11.3 Å². The lowest BCUT2D eigenvalue weighted by atomic mass is 9.96. The molecule has 3 aromatic rings. The summed E-state index contributed by atoms with van der Waals surface area (Å²) in [7, 11) is 0. The first kappa shape index (κ1) is 20.4. The summed E-state index contributed by atoms with van der Waals surface area (Å²) in [6, 6.07) is 10.6. The number of likely N-dealkylation sites (tertiary alicyclic amines) is 1. The van der Waals surface area contributed by atoms with E-state index in [-0.39, 0.29) is 17.5 Å². The summed E-state index contributed by atoms with van der Waals surface area (Å²) in [6.07, 6.45) is 1.29. The molecule has 0 radical (unpaired) electrons. The molecule has 2 heterocycles. The number of anilines is 1. The van der Waals surface area contributed by atoms with E-state index >= 15 is 0 Å². The predicted molar refractivity (Wildman–Crippen MR) is 108 cm³/mol. The molecule has 1 aliphatic heterocycles. The maximum Gasteiger partial charge on any atom is 0.241 e. The number of hydrogen-bond donors (Lipinski definition) is 1. The second-order valence-electron chi connectivity index (χ2n) is 7.19. The predicted octanol–water partition coefficient (Wildman–Crippen LogP) is 4.52. The van der Waals surface area contributed by atoms with Crippen LogP contribution in [0.3, 0.4) is 0 Å². The molecule has 0 unspecified atom stereocenters. The minimum Gasteiger partial charge on any atom is -0.338 e. The van der Waals surface area contributed by atoms with Crippen LogP contribution in [0, 0.1) is 17.6 Å². The van der Waals surface area contributed by atoms with Crippen LogP contribution < -0.4 is 5.32 Å². The van der Waals surface area contributed by atoms with E-state index in [1.165, 1.54) is 6.07 Å². The van der Waals surface area contributed by atoms with Gasteiger partial charge in [-0.1, -0.05) is 28.9 Å². The van der Waals surface area contributed by atoms with Crippen molar-refractivity contribution in [3.63, 3.8) is 0 Å². The number of aromatic nitrogens is 2. The molecule has 1 N–H and O–H groups in total. The Labute approximate surface area is 176 Å². The van der Waals surface area contributed by atoms with Gasteiger partial charge in [0.2, 0.25) is 17.6 Å². The fourth-order valence-corrected chi connectivity index (χ4v) is 3.62. The molecule has 156 valence electrons. The van der Waals surface area contributed by atoms with Crippen molar-refractivity contribution in [3.05, 3.63) is 65.0 Å². The molecule has 1 aliphatic rings. The molecule has 0 spiro atoms. The Bertz CT molecular complexity index is 1050. The van der Waals surface area contributed by atoms with Gasteiger partial charge in [-0.15, -0.1) is 0 Å². The van der Waals surface area contributed by atoms with Gasteiger partial charge in [-0.05, 0) is 50.2 Å². The van der Waals surface area contributed by atoms with Gasteiger partial charge < -0.3 is 9.84 Å². The van der Waals surface area contributed by atoms with Crippen molar-refractivity contribution >= 4 is 23.2 Å². The molecule has 1 saturated heterocycles. The zero-order chi connectivity index (χ0) is 21.1.